The second kappa shape index (κ2) is 8.53. The minimum atomic E-state index is -0.435. The number of anilines is 1. The SMILES string of the molecule is C=C1CC2COC(=O)C2(Cc2ccc(NCc3c(OC)cc(OC)cc3OC)cc2)C1. The van der Waals surface area contributed by atoms with Crippen molar-refractivity contribution in [3.63, 3.8) is 0 Å². The Bertz CT molecular complexity index is 959. The molecule has 0 radical (unpaired) electrons. The molecule has 0 bridgehead atoms. The number of fused-ring (bicyclic) bond motifs is 1. The molecule has 1 aliphatic heterocycles. The van der Waals surface area contributed by atoms with Crippen LogP contribution in [0, 0.1) is 11.3 Å². The van der Waals surface area contributed by atoms with E-state index in [1.807, 2.05) is 24.3 Å². The summed E-state index contributed by atoms with van der Waals surface area (Å²) in [6.45, 7) is 5.17. The van der Waals surface area contributed by atoms with Gasteiger partial charge in [0.1, 0.15) is 17.2 Å². The van der Waals surface area contributed by atoms with E-state index in [1.54, 1.807) is 21.3 Å². The van der Waals surface area contributed by atoms with Crippen molar-refractivity contribution in [2.45, 2.75) is 25.8 Å². The Morgan fingerprint density at radius 2 is 1.77 bits per heavy atom. The fraction of sp³-hybridized carbons (Fsp3) is 0.400. The highest BCUT2D eigenvalue weighted by Crippen LogP contribution is 2.52. The van der Waals surface area contributed by atoms with Crippen LogP contribution in [0.5, 0.6) is 17.2 Å². The van der Waals surface area contributed by atoms with Gasteiger partial charge in [0.15, 0.2) is 0 Å². The first-order chi connectivity index (χ1) is 15.0. The fourth-order valence-corrected chi connectivity index (χ4v) is 4.81. The van der Waals surface area contributed by atoms with Crippen molar-refractivity contribution in [3.05, 3.63) is 59.7 Å². The minimum absolute atomic E-state index is 0.0722. The lowest BCUT2D eigenvalue weighted by Gasteiger charge is -2.24. The Kier molecular flexibility index (Phi) is 5.81. The van der Waals surface area contributed by atoms with Crippen molar-refractivity contribution < 1.29 is 23.7 Å². The minimum Gasteiger partial charge on any atom is -0.496 e. The van der Waals surface area contributed by atoms with Gasteiger partial charge in [-0.3, -0.25) is 4.79 Å². The predicted molar refractivity (Wildman–Crippen MR) is 119 cm³/mol. The Hall–Kier alpha value is -3.15. The lowest BCUT2D eigenvalue weighted by Crippen LogP contribution is -2.31. The Morgan fingerprint density at radius 3 is 2.39 bits per heavy atom. The van der Waals surface area contributed by atoms with Crippen molar-refractivity contribution in [2.75, 3.05) is 33.3 Å². The summed E-state index contributed by atoms with van der Waals surface area (Å²) in [4.78, 5) is 12.5. The van der Waals surface area contributed by atoms with E-state index in [-0.39, 0.29) is 11.9 Å². The van der Waals surface area contributed by atoms with Crippen LogP contribution in [0.1, 0.15) is 24.0 Å². The van der Waals surface area contributed by atoms with E-state index in [0.29, 0.717) is 36.8 Å². The van der Waals surface area contributed by atoms with E-state index >= 15 is 0 Å². The maximum Gasteiger partial charge on any atom is 0.313 e. The summed E-state index contributed by atoms with van der Waals surface area (Å²) in [6, 6.07) is 11.9. The summed E-state index contributed by atoms with van der Waals surface area (Å²) >= 11 is 0. The van der Waals surface area contributed by atoms with Gasteiger partial charge in [0, 0.05) is 30.3 Å². The largest absolute Gasteiger partial charge is 0.496 e. The van der Waals surface area contributed by atoms with E-state index in [9.17, 15) is 4.79 Å². The first-order valence-electron chi connectivity index (χ1n) is 10.4. The lowest BCUT2D eigenvalue weighted by molar-refractivity contribution is -0.146. The smallest absolute Gasteiger partial charge is 0.313 e. The van der Waals surface area contributed by atoms with E-state index in [2.05, 4.69) is 24.0 Å². The zero-order valence-corrected chi connectivity index (χ0v) is 18.3. The number of ether oxygens (including phenoxy) is 4. The molecule has 2 aliphatic rings. The highest BCUT2D eigenvalue weighted by molar-refractivity contribution is 5.81. The summed E-state index contributed by atoms with van der Waals surface area (Å²) in [7, 11) is 4.87. The Morgan fingerprint density at radius 1 is 1.10 bits per heavy atom. The van der Waals surface area contributed by atoms with Crippen molar-refractivity contribution >= 4 is 11.7 Å². The third kappa shape index (κ3) is 3.94. The maximum atomic E-state index is 12.5. The summed E-state index contributed by atoms with van der Waals surface area (Å²) in [5.41, 5.74) is 3.74. The molecule has 1 N–H and O–H groups in total. The molecule has 31 heavy (non-hydrogen) atoms. The van der Waals surface area contributed by atoms with Crippen LogP contribution in [0.25, 0.3) is 0 Å². The van der Waals surface area contributed by atoms with E-state index in [1.165, 1.54) is 0 Å². The molecular weight excluding hydrogens is 394 g/mol. The molecule has 6 nitrogen and oxygen atoms in total. The van der Waals surface area contributed by atoms with Gasteiger partial charge in [-0.25, -0.2) is 0 Å². The molecule has 6 heteroatoms. The molecule has 164 valence electrons. The number of cyclic esters (lactones) is 1. The fourth-order valence-electron chi connectivity index (χ4n) is 4.81. The average molecular weight is 424 g/mol. The highest BCUT2D eigenvalue weighted by Gasteiger charge is 2.55. The second-order valence-electron chi connectivity index (χ2n) is 8.32. The van der Waals surface area contributed by atoms with Crippen LogP contribution in [0.2, 0.25) is 0 Å². The number of nitrogens with one attached hydrogen (secondary N) is 1. The van der Waals surface area contributed by atoms with Crippen LogP contribution >= 0.6 is 0 Å². The summed E-state index contributed by atoms with van der Waals surface area (Å²) in [5, 5.41) is 3.42. The molecular formula is C25H29NO5. The predicted octanol–water partition coefficient (Wildman–Crippen LogP) is 4.38. The lowest BCUT2D eigenvalue weighted by atomic mass is 9.75. The molecule has 2 atom stereocenters. The number of allylic oxidation sites excluding steroid dienone is 1. The monoisotopic (exact) mass is 423 g/mol. The number of hydrogen-bond donors (Lipinski definition) is 1. The Labute approximate surface area is 183 Å². The molecule has 1 aliphatic carbocycles. The number of hydrogen-bond acceptors (Lipinski definition) is 6. The van der Waals surface area contributed by atoms with Crippen LogP contribution in [0.3, 0.4) is 0 Å². The van der Waals surface area contributed by atoms with Gasteiger partial charge in [0.2, 0.25) is 0 Å². The molecule has 1 saturated heterocycles. The van der Waals surface area contributed by atoms with Crippen molar-refractivity contribution in [3.8, 4) is 17.2 Å². The van der Waals surface area contributed by atoms with Crippen molar-refractivity contribution in [1.82, 2.24) is 0 Å². The third-order valence-electron chi connectivity index (χ3n) is 6.46. The molecule has 1 saturated carbocycles. The third-order valence-corrected chi connectivity index (χ3v) is 6.46. The van der Waals surface area contributed by atoms with E-state index in [0.717, 1.165) is 35.2 Å². The standard InChI is InChI=1S/C25H29NO5/c1-16-9-18-15-31-24(27)25(18,12-16)13-17-5-7-19(8-6-17)26-14-21-22(29-3)10-20(28-2)11-23(21)30-4/h5-8,10-11,18,26H,1,9,12-15H2,2-4H3. The molecule has 2 fully saturated rings. The second-order valence-corrected chi connectivity index (χ2v) is 8.32. The number of carbonyl (C=O) groups is 1. The molecule has 4 rings (SSSR count). The quantitative estimate of drug-likeness (QED) is 0.502. The molecule has 2 aromatic carbocycles. The molecule has 0 aromatic heterocycles. The first-order valence-corrected chi connectivity index (χ1v) is 10.4. The van der Waals surface area contributed by atoms with Crippen molar-refractivity contribution in [2.24, 2.45) is 11.3 Å². The van der Waals surface area contributed by atoms with Gasteiger partial charge in [-0.05, 0) is 37.0 Å². The molecule has 2 aromatic rings. The number of carbonyl (C=O) groups excluding carboxylic acids is 1. The van der Waals surface area contributed by atoms with E-state index in [4.69, 9.17) is 18.9 Å². The zero-order valence-electron chi connectivity index (χ0n) is 18.3. The molecule has 0 amide bonds. The van der Waals surface area contributed by atoms with Crippen molar-refractivity contribution in [1.29, 1.82) is 0 Å². The molecule has 0 spiro atoms. The van der Waals surface area contributed by atoms with Gasteiger partial charge in [-0.15, -0.1) is 0 Å². The van der Waals surface area contributed by atoms with Gasteiger partial charge in [-0.1, -0.05) is 24.3 Å². The van der Waals surface area contributed by atoms with Crippen LogP contribution in [-0.4, -0.2) is 33.9 Å². The maximum absolute atomic E-state index is 12.5. The zero-order chi connectivity index (χ0) is 22.0. The normalized spacial score (nSPS) is 22.1. The number of benzene rings is 2. The molecule has 1 heterocycles. The number of rotatable bonds is 8. The van der Waals surface area contributed by atoms with E-state index < -0.39 is 5.41 Å². The van der Waals surface area contributed by atoms with Gasteiger partial charge in [0.05, 0.1) is 38.9 Å². The topological polar surface area (TPSA) is 66.0 Å². The number of methoxy groups -OCH3 is 3. The Balaban J connectivity index is 1.47. The van der Waals surface area contributed by atoms with Gasteiger partial charge < -0.3 is 24.3 Å². The summed E-state index contributed by atoms with van der Waals surface area (Å²) < 4.78 is 21.7. The van der Waals surface area contributed by atoms with Gasteiger partial charge in [-0.2, -0.15) is 0 Å². The van der Waals surface area contributed by atoms with Crippen LogP contribution in [0.15, 0.2) is 48.6 Å². The van der Waals surface area contributed by atoms with Gasteiger partial charge >= 0.3 is 5.97 Å². The number of esters is 1. The average Bonchev–Trinajstić information content (AvgIpc) is 3.26. The summed E-state index contributed by atoms with van der Waals surface area (Å²) in [6.07, 6.45) is 2.31. The van der Waals surface area contributed by atoms with Gasteiger partial charge in [0.25, 0.3) is 0 Å². The highest BCUT2D eigenvalue weighted by atomic mass is 16.5. The van der Waals surface area contributed by atoms with Crippen LogP contribution in [-0.2, 0) is 22.5 Å². The summed E-state index contributed by atoms with van der Waals surface area (Å²) in [5.74, 6) is 2.26. The molecule has 2 unspecified atom stereocenters. The van der Waals surface area contributed by atoms with Crippen LogP contribution in [0.4, 0.5) is 5.69 Å². The van der Waals surface area contributed by atoms with Crippen LogP contribution < -0.4 is 19.5 Å². The first kappa shape index (κ1) is 21.1.